The molecule has 5 fully saturated rings. The summed E-state index contributed by atoms with van der Waals surface area (Å²) in [7, 11) is 0. The normalized spacial score (nSPS) is 39.5. The largest absolute Gasteiger partial charge is 0.352 e. The summed E-state index contributed by atoms with van der Waals surface area (Å²) in [6, 6.07) is 0.251. The summed E-state index contributed by atoms with van der Waals surface area (Å²) < 4.78 is 13.7. The standard InChI is InChI=1S/C17H24FN3O3/c1-15(5-4-12(22)20-15)13(23)19-6-7-21(11-2-3-11)14(24)16-8-17(18,9-16)10-16/h11H,2-10H2,1H3,(H,19,23)(H,20,22). The first-order chi connectivity index (χ1) is 11.3. The lowest BCUT2D eigenvalue weighted by Crippen LogP contribution is -2.70. The molecular formula is C17H24FN3O3. The second-order valence-corrected chi connectivity index (χ2v) is 8.33. The number of halogens is 1. The van der Waals surface area contributed by atoms with Crippen LogP contribution < -0.4 is 10.6 Å². The van der Waals surface area contributed by atoms with Crippen LogP contribution in [0.5, 0.6) is 0 Å². The summed E-state index contributed by atoms with van der Waals surface area (Å²) in [5, 5.41) is 5.55. The fraction of sp³-hybridized carbons (Fsp3) is 0.824. The quantitative estimate of drug-likeness (QED) is 0.747. The molecule has 1 aliphatic heterocycles. The van der Waals surface area contributed by atoms with Crippen molar-refractivity contribution in [2.75, 3.05) is 13.1 Å². The van der Waals surface area contributed by atoms with Crippen molar-refractivity contribution < 1.29 is 18.8 Å². The Morgan fingerprint density at radius 1 is 1.33 bits per heavy atom. The van der Waals surface area contributed by atoms with E-state index in [2.05, 4.69) is 10.6 Å². The zero-order chi connectivity index (χ0) is 17.2. The van der Waals surface area contributed by atoms with Crippen molar-refractivity contribution in [2.45, 2.75) is 69.1 Å². The van der Waals surface area contributed by atoms with Crippen LogP contribution in [-0.4, -0.2) is 53.0 Å². The molecule has 1 saturated heterocycles. The lowest BCUT2D eigenvalue weighted by molar-refractivity contribution is -0.222. The molecule has 0 radical (unpaired) electrons. The van der Waals surface area contributed by atoms with Crippen molar-refractivity contribution in [2.24, 2.45) is 5.41 Å². The van der Waals surface area contributed by atoms with E-state index in [0.717, 1.165) is 12.8 Å². The molecule has 2 bridgehead atoms. The Morgan fingerprint density at radius 3 is 2.50 bits per heavy atom. The molecule has 5 rings (SSSR count). The zero-order valence-electron chi connectivity index (χ0n) is 14.0. The number of rotatable bonds is 6. The molecule has 3 amide bonds. The molecule has 0 aromatic heterocycles. The van der Waals surface area contributed by atoms with Crippen LogP contribution in [0.1, 0.15) is 51.9 Å². The number of hydrogen-bond acceptors (Lipinski definition) is 3. The first-order valence-corrected chi connectivity index (χ1v) is 8.85. The number of hydrogen-bond donors (Lipinski definition) is 2. The summed E-state index contributed by atoms with van der Waals surface area (Å²) in [5.41, 5.74) is -2.37. The highest BCUT2D eigenvalue weighted by atomic mass is 19.1. The number of carbonyl (C=O) groups excluding carboxylic acids is 3. The van der Waals surface area contributed by atoms with Gasteiger partial charge in [-0.05, 0) is 45.4 Å². The molecule has 1 heterocycles. The molecule has 0 aromatic rings. The summed E-state index contributed by atoms with van der Waals surface area (Å²) in [4.78, 5) is 38.2. The van der Waals surface area contributed by atoms with Gasteiger partial charge in [-0.25, -0.2) is 4.39 Å². The Kier molecular flexibility index (Phi) is 3.25. The first kappa shape index (κ1) is 15.8. The van der Waals surface area contributed by atoms with Crippen LogP contribution in [0.25, 0.3) is 0 Å². The molecule has 4 aliphatic carbocycles. The van der Waals surface area contributed by atoms with Crippen molar-refractivity contribution in [3.8, 4) is 0 Å². The van der Waals surface area contributed by atoms with Gasteiger partial charge in [0.2, 0.25) is 17.7 Å². The van der Waals surface area contributed by atoms with E-state index in [0.29, 0.717) is 45.2 Å². The van der Waals surface area contributed by atoms with Crippen LogP contribution in [0.15, 0.2) is 0 Å². The third kappa shape index (κ3) is 2.40. The van der Waals surface area contributed by atoms with Crippen LogP contribution >= 0.6 is 0 Å². The fourth-order valence-corrected chi connectivity index (χ4v) is 4.48. The van der Waals surface area contributed by atoms with Gasteiger partial charge in [-0.3, -0.25) is 14.4 Å². The Morgan fingerprint density at radius 2 is 2.00 bits per heavy atom. The molecule has 6 nitrogen and oxygen atoms in total. The minimum Gasteiger partial charge on any atom is -0.352 e. The maximum atomic E-state index is 13.7. The first-order valence-electron chi connectivity index (χ1n) is 8.85. The van der Waals surface area contributed by atoms with Gasteiger partial charge in [-0.1, -0.05) is 0 Å². The van der Waals surface area contributed by atoms with Crippen molar-refractivity contribution in [1.29, 1.82) is 0 Å². The Labute approximate surface area is 140 Å². The number of nitrogens with zero attached hydrogens (tertiary/aromatic N) is 1. The number of alkyl halides is 1. The maximum absolute atomic E-state index is 13.7. The lowest BCUT2D eigenvalue weighted by Gasteiger charge is -2.65. The highest BCUT2D eigenvalue weighted by molar-refractivity contribution is 5.94. The smallest absolute Gasteiger partial charge is 0.245 e. The summed E-state index contributed by atoms with van der Waals surface area (Å²) in [6.07, 6.45) is 3.96. The number of carbonyl (C=O) groups is 3. The average Bonchev–Trinajstić information content (AvgIpc) is 3.23. The zero-order valence-corrected chi connectivity index (χ0v) is 14.0. The number of amides is 3. The predicted molar refractivity (Wildman–Crippen MR) is 83.6 cm³/mol. The summed E-state index contributed by atoms with van der Waals surface area (Å²) in [5.74, 6) is -0.241. The third-order valence-corrected chi connectivity index (χ3v) is 6.07. The minimum absolute atomic E-state index is 0.0687. The molecule has 5 aliphatic rings. The fourth-order valence-electron chi connectivity index (χ4n) is 4.48. The Bertz CT molecular complexity index is 598. The maximum Gasteiger partial charge on any atom is 0.245 e. The van der Waals surface area contributed by atoms with E-state index in [1.807, 2.05) is 4.90 Å². The lowest BCUT2D eigenvalue weighted by atomic mass is 9.42. The average molecular weight is 337 g/mol. The molecule has 132 valence electrons. The monoisotopic (exact) mass is 337 g/mol. The van der Waals surface area contributed by atoms with E-state index in [1.165, 1.54) is 0 Å². The molecule has 1 unspecified atom stereocenters. The molecule has 4 saturated carbocycles. The van der Waals surface area contributed by atoms with Gasteiger partial charge in [0.05, 0.1) is 5.41 Å². The van der Waals surface area contributed by atoms with E-state index in [-0.39, 0.29) is 23.8 Å². The van der Waals surface area contributed by atoms with Gasteiger partial charge in [0.1, 0.15) is 11.2 Å². The molecule has 1 atom stereocenters. The van der Waals surface area contributed by atoms with Gasteiger partial charge in [0, 0.05) is 25.6 Å². The summed E-state index contributed by atoms with van der Waals surface area (Å²) >= 11 is 0. The second kappa shape index (κ2) is 4.92. The molecule has 2 N–H and O–H groups in total. The van der Waals surface area contributed by atoms with E-state index in [1.54, 1.807) is 6.92 Å². The van der Waals surface area contributed by atoms with E-state index in [4.69, 9.17) is 0 Å². The van der Waals surface area contributed by atoms with E-state index in [9.17, 15) is 18.8 Å². The van der Waals surface area contributed by atoms with Gasteiger partial charge in [-0.15, -0.1) is 0 Å². The van der Waals surface area contributed by atoms with Crippen LogP contribution in [0.2, 0.25) is 0 Å². The van der Waals surface area contributed by atoms with Crippen LogP contribution in [0, 0.1) is 5.41 Å². The Balaban J connectivity index is 1.30. The molecule has 7 heteroatoms. The van der Waals surface area contributed by atoms with Crippen molar-refractivity contribution in [3.63, 3.8) is 0 Å². The van der Waals surface area contributed by atoms with Gasteiger partial charge >= 0.3 is 0 Å². The summed E-state index contributed by atoms with van der Waals surface area (Å²) in [6.45, 7) is 2.54. The topological polar surface area (TPSA) is 78.5 Å². The van der Waals surface area contributed by atoms with E-state index >= 15 is 0 Å². The van der Waals surface area contributed by atoms with Gasteiger partial charge in [-0.2, -0.15) is 0 Å². The predicted octanol–water partition coefficient (Wildman–Crippen LogP) is 0.654. The van der Waals surface area contributed by atoms with Crippen LogP contribution in [0.4, 0.5) is 4.39 Å². The SMILES string of the molecule is CC1(C(=O)NCCN(C(=O)C23CC(F)(C2)C3)C2CC2)CCC(=O)N1. The highest BCUT2D eigenvalue weighted by Gasteiger charge is 2.73. The van der Waals surface area contributed by atoms with Gasteiger partial charge < -0.3 is 15.5 Å². The molecule has 0 aromatic carbocycles. The highest BCUT2D eigenvalue weighted by Crippen LogP contribution is 2.70. The van der Waals surface area contributed by atoms with Crippen LogP contribution in [-0.2, 0) is 14.4 Å². The van der Waals surface area contributed by atoms with Crippen molar-refractivity contribution in [3.05, 3.63) is 0 Å². The van der Waals surface area contributed by atoms with Gasteiger partial charge in [0.15, 0.2) is 0 Å². The van der Waals surface area contributed by atoms with Crippen LogP contribution in [0.3, 0.4) is 0 Å². The second-order valence-electron chi connectivity index (χ2n) is 8.33. The van der Waals surface area contributed by atoms with Gasteiger partial charge in [0.25, 0.3) is 0 Å². The van der Waals surface area contributed by atoms with E-state index < -0.39 is 16.6 Å². The van der Waals surface area contributed by atoms with Crippen molar-refractivity contribution >= 4 is 17.7 Å². The Hall–Kier alpha value is -1.66. The minimum atomic E-state index is -1.08. The third-order valence-electron chi connectivity index (χ3n) is 6.07. The molecular weight excluding hydrogens is 313 g/mol. The molecule has 24 heavy (non-hydrogen) atoms. The van der Waals surface area contributed by atoms with Crippen molar-refractivity contribution in [1.82, 2.24) is 15.5 Å². The molecule has 0 spiro atoms. The number of nitrogens with one attached hydrogen (secondary N) is 2.